The molecule has 0 fully saturated rings. The molecule has 4 aliphatic rings. The highest BCUT2D eigenvalue weighted by molar-refractivity contribution is 5.74. The summed E-state index contributed by atoms with van der Waals surface area (Å²) >= 11 is 0. The van der Waals surface area contributed by atoms with Gasteiger partial charge in [0.05, 0.1) is 0 Å². The van der Waals surface area contributed by atoms with Crippen molar-refractivity contribution in [1.29, 1.82) is 0 Å². The zero-order chi connectivity index (χ0) is 19.5. The van der Waals surface area contributed by atoms with Gasteiger partial charge >= 0.3 is 0 Å². The van der Waals surface area contributed by atoms with E-state index in [4.69, 9.17) is 0 Å². The van der Waals surface area contributed by atoms with E-state index in [2.05, 4.69) is 86.7 Å². The summed E-state index contributed by atoms with van der Waals surface area (Å²) in [5, 5.41) is 11.1. The monoisotopic (exact) mass is 368 g/mol. The van der Waals surface area contributed by atoms with E-state index in [0.717, 1.165) is 42.4 Å². The van der Waals surface area contributed by atoms with E-state index < -0.39 is 0 Å². The van der Waals surface area contributed by atoms with Crippen LogP contribution < -0.4 is 0 Å². The third-order valence-corrected chi connectivity index (χ3v) is 5.96. The van der Waals surface area contributed by atoms with Crippen molar-refractivity contribution >= 4 is 5.57 Å². The Bertz CT molecular complexity index is 981. The third kappa shape index (κ3) is 3.89. The first-order valence-corrected chi connectivity index (χ1v) is 10.3. The molecule has 0 radical (unpaired) electrons. The van der Waals surface area contributed by atoms with Crippen molar-refractivity contribution in [2.24, 2.45) is 0 Å². The van der Waals surface area contributed by atoms with Gasteiger partial charge in [0, 0.05) is 5.56 Å². The lowest BCUT2D eigenvalue weighted by molar-refractivity contribution is 0.465. The molecule has 3 aromatic rings. The van der Waals surface area contributed by atoms with Crippen LogP contribution in [0, 0.1) is 0 Å². The number of allylic oxidation sites excluding steroid dienone is 2. The fourth-order valence-corrected chi connectivity index (χ4v) is 4.27. The number of phenolic OH excluding ortho intramolecular Hbond substituents is 1. The van der Waals surface area contributed by atoms with Crippen LogP contribution in [-0.2, 0) is 25.7 Å². The SMILES string of the molecule is C/C(=C\[C@@H](C)c1ccccc1)c1c2ccc(c1O)CCc1ccc(cc1)CC2. The zero-order valence-corrected chi connectivity index (χ0v) is 16.8. The van der Waals surface area contributed by atoms with Crippen molar-refractivity contribution in [3.63, 3.8) is 0 Å². The van der Waals surface area contributed by atoms with Gasteiger partial charge in [-0.2, -0.15) is 0 Å². The Morgan fingerprint density at radius 1 is 0.786 bits per heavy atom. The van der Waals surface area contributed by atoms with Gasteiger partial charge in [-0.3, -0.25) is 0 Å². The fourth-order valence-electron chi connectivity index (χ4n) is 4.27. The minimum atomic E-state index is 0.308. The number of hydrogen-bond acceptors (Lipinski definition) is 1. The van der Waals surface area contributed by atoms with Gasteiger partial charge < -0.3 is 5.11 Å². The molecule has 1 atom stereocenters. The molecular formula is C27H28O. The topological polar surface area (TPSA) is 20.2 Å². The summed E-state index contributed by atoms with van der Waals surface area (Å²) in [6, 6.07) is 23.9. The molecule has 3 aromatic carbocycles. The number of phenols is 1. The van der Waals surface area contributed by atoms with Crippen LogP contribution >= 0.6 is 0 Å². The molecule has 7 rings (SSSR count). The van der Waals surface area contributed by atoms with E-state index >= 15 is 0 Å². The Morgan fingerprint density at radius 3 is 2.00 bits per heavy atom. The molecule has 0 unspecified atom stereocenters. The molecule has 0 aliphatic heterocycles. The highest BCUT2D eigenvalue weighted by atomic mass is 16.3. The van der Waals surface area contributed by atoms with Crippen molar-refractivity contribution in [1.82, 2.24) is 0 Å². The van der Waals surface area contributed by atoms with Crippen LogP contribution in [0.4, 0.5) is 0 Å². The smallest absolute Gasteiger partial charge is 0.126 e. The maximum Gasteiger partial charge on any atom is 0.126 e. The molecule has 1 heteroatoms. The fraction of sp³-hybridized carbons (Fsp3) is 0.259. The average molecular weight is 369 g/mol. The van der Waals surface area contributed by atoms with E-state index in [-0.39, 0.29) is 0 Å². The molecule has 4 bridgehead atoms. The van der Waals surface area contributed by atoms with Crippen molar-refractivity contribution < 1.29 is 5.11 Å². The van der Waals surface area contributed by atoms with Crippen LogP contribution in [0.3, 0.4) is 0 Å². The molecule has 0 heterocycles. The first kappa shape index (κ1) is 18.6. The molecule has 0 aromatic heterocycles. The van der Waals surface area contributed by atoms with E-state index in [1.54, 1.807) is 0 Å². The molecule has 0 saturated carbocycles. The average Bonchev–Trinajstić information content (AvgIpc) is 2.71. The maximum absolute atomic E-state index is 11.1. The van der Waals surface area contributed by atoms with Gasteiger partial charge in [0.2, 0.25) is 0 Å². The lowest BCUT2D eigenvalue weighted by Gasteiger charge is -2.18. The third-order valence-electron chi connectivity index (χ3n) is 5.96. The van der Waals surface area contributed by atoms with Gasteiger partial charge in [0.25, 0.3) is 0 Å². The first-order chi connectivity index (χ1) is 13.6. The first-order valence-electron chi connectivity index (χ1n) is 10.3. The van der Waals surface area contributed by atoms with Crippen LogP contribution in [0.2, 0.25) is 0 Å². The number of rotatable bonds is 3. The summed E-state index contributed by atoms with van der Waals surface area (Å²) < 4.78 is 0. The Morgan fingerprint density at radius 2 is 1.36 bits per heavy atom. The molecule has 1 N–H and O–H groups in total. The number of aromatic hydroxyl groups is 1. The maximum atomic E-state index is 11.1. The van der Waals surface area contributed by atoms with Crippen molar-refractivity contribution in [2.45, 2.75) is 45.4 Å². The minimum absolute atomic E-state index is 0.308. The van der Waals surface area contributed by atoms with E-state index in [1.165, 1.54) is 22.3 Å². The van der Waals surface area contributed by atoms with Crippen LogP contribution in [0.25, 0.3) is 5.57 Å². The van der Waals surface area contributed by atoms with Gasteiger partial charge in [0.15, 0.2) is 0 Å². The molecule has 1 nitrogen and oxygen atoms in total. The van der Waals surface area contributed by atoms with E-state index in [9.17, 15) is 5.11 Å². The highest BCUT2D eigenvalue weighted by Gasteiger charge is 2.16. The molecule has 142 valence electrons. The summed E-state index contributed by atoms with van der Waals surface area (Å²) in [6.45, 7) is 4.36. The molecule has 0 amide bonds. The van der Waals surface area contributed by atoms with Gasteiger partial charge in [-0.1, -0.05) is 79.7 Å². The molecule has 0 spiro atoms. The Hall–Kier alpha value is -2.80. The molecule has 28 heavy (non-hydrogen) atoms. The van der Waals surface area contributed by atoms with E-state index in [1.807, 2.05) is 0 Å². The van der Waals surface area contributed by atoms with Crippen molar-refractivity contribution in [2.75, 3.05) is 0 Å². The summed E-state index contributed by atoms with van der Waals surface area (Å²) in [5.41, 5.74) is 8.47. The van der Waals surface area contributed by atoms with Crippen LogP contribution in [0.5, 0.6) is 5.75 Å². The number of benzene rings is 3. The van der Waals surface area contributed by atoms with Crippen LogP contribution in [0.1, 0.15) is 53.1 Å². The second-order valence-corrected chi connectivity index (χ2v) is 7.97. The van der Waals surface area contributed by atoms with Crippen LogP contribution in [0.15, 0.2) is 72.8 Å². The molecular weight excluding hydrogens is 340 g/mol. The summed E-state index contributed by atoms with van der Waals surface area (Å²) in [4.78, 5) is 0. The second kappa shape index (κ2) is 8.06. The predicted molar refractivity (Wildman–Crippen MR) is 118 cm³/mol. The largest absolute Gasteiger partial charge is 0.507 e. The van der Waals surface area contributed by atoms with Crippen LogP contribution in [-0.4, -0.2) is 5.11 Å². The van der Waals surface area contributed by atoms with Crippen molar-refractivity contribution in [3.05, 3.63) is 106 Å². The highest BCUT2D eigenvalue weighted by Crippen LogP contribution is 2.35. The Balaban J connectivity index is 1.73. The van der Waals surface area contributed by atoms with Gasteiger partial charge in [0.1, 0.15) is 5.75 Å². The molecule has 4 aliphatic carbocycles. The Labute approximate surface area is 168 Å². The summed E-state index contributed by atoms with van der Waals surface area (Å²) in [5.74, 6) is 0.782. The standard InChI is InChI=1S/C27H28O/c1-19(23-6-4-3-5-7-23)18-20(2)26-24-14-12-21-8-10-22(11-9-21)13-15-25(17-16-24)27(26)28/h3-11,16-19,28H,12-15H2,1-2H3/b20-18+/t19-/m1/s1. The van der Waals surface area contributed by atoms with Crippen molar-refractivity contribution in [3.8, 4) is 5.75 Å². The zero-order valence-electron chi connectivity index (χ0n) is 16.8. The molecule has 0 saturated heterocycles. The number of aryl methyl sites for hydroxylation is 4. The minimum Gasteiger partial charge on any atom is -0.507 e. The van der Waals surface area contributed by atoms with Gasteiger partial charge in [-0.05, 0) is 71.9 Å². The lowest BCUT2D eigenvalue weighted by atomic mass is 9.88. The number of hydrogen-bond donors (Lipinski definition) is 1. The predicted octanol–water partition coefficient (Wildman–Crippen LogP) is 6.48. The summed E-state index contributed by atoms with van der Waals surface area (Å²) in [7, 11) is 0. The quantitative estimate of drug-likeness (QED) is 0.561. The Kier molecular flexibility index (Phi) is 5.34. The second-order valence-electron chi connectivity index (χ2n) is 7.97. The normalized spacial score (nSPS) is 15.1. The lowest BCUT2D eigenvalue weighted by Crippen LogP contribution is -2.03. The van der Waals surface area contributed by atoms with Gasteiger partial charge in [-0.15, -0.1) is 0 Å². The van der Waals surface area contributed by atoms with E-state index in [0.29, 0.717) is 11.7 Å². The van der Waals surface area contributed by atoms with Gasteiger partial charge in [-0.25, -0.2) is 0 Å². The summed E-state index contributed by atoms with van der Waals surface area (Å²) in [6.07, 6.45) is 6.04.